The van der Waals surface area contributed by atoms with Crippen LogP contribution in [-0.2, 0) is 11.3 Å². The molecule has 0 aliphatic carbocycles. The van der Waals surface area contributed by atoms with E-state index in [0.717, 1.165) is 28.0 Å². The fraction of sp³-hybridized carbons (Fsp3) is 0.600. The first kappa shape index (κ1) is 18.2. The second-order valence-electron chi connectivity index (χ2n) is 4.46. The second-order valence-corrected chi connectivity index (χ2v) is 5.37. The van der Waals surface area contributed by atoms with Crippen molar-refractivity contribution in [2.45, 2.75) is 19.9 Å². The summed E-state index contributed by atoms with van der Waals surface area (Å²) in [5.74, 6) is 1.51. The van der Waals surface area contributed by atoms with Gasteiger partial charge >= 0.3 is 0 Å². The molecule has 0 spiro atoms. The van der Waals surface area contributed by atoms with Crippen molar-refractivity contribution in [3.63, 3.8) is 0 Å². The molecular weight excluding hydrogens is 338 g/mol. The van der Waals surface area contributed by atoms with Crippen LogP contribution in [0.25, 0.3) is 0 Å². The monoisotopic (exact) mass is 361 g/mol. The quantitative estimate of drug-likeness (QED) is 0.592. The third-order valence-corrected chi connectivity index (χ3v) is 3.20. The Kier molecular flexibility index (Phi) is 9.41. The van der Waals surface area contributed by atoms with Crippen molar-refractivity contribution in [1.29, 1.82) is 0 Å². The number of rotatable bonds is 11. The summed E-state index contributed by atoms with van der Waals surface area (Å²) in [4.78, 5) is 0. The number of benzene rings is 1. The molecule has 2 N–H and O–H groups in total. The van der Waals surface area contributed by atoms with Crippen LogP contribution >= 0.6 is 15.9 Å². The van der Waals surface area contributed by atoms with Crippen molar-refractivity contribution in [2.75, 3.05) is 40.1 Å². The molecule has 0 saturated heterocycles. The van der Waals surface area contributed by atoms with Gasteiger partial charge in [0.1, 0.15) is 0 Å². The van der Waals surface area contributed by atoms with Gasteiger partial charge in [0.2, 0.25) is 0 Å². The third-order valence-electron chi connectivity index (χ3n) is 2.74. The molecule has 21 heavy (non-hydrogen) atoms. The molecule has 1 aromatic carbocycles. The maximum Gasteiger partial charge on any atom is 0.165 e. The van der Waals surface area contributed by atoms with Gasteiger partial charge in [-0.25, -0.2) is 0 Å². The van der Waals surface area contributed by atoms with Crippen LogP contribution in [0, 0.1) is 0 Å². The Morgan fingerprint density at radius 3 is 2.71 bits per heavy atom. The molecule has 0 amide bonds. The molecule has 6 heteroatoms. The predicted octanol–water partition coefficient (Wildman–Crippen LogP) is 2.34. The van der Waals surface area contributed by atoms with Crippen molar-refractivity contribution in [1.82, 2.24) is 5.32 Å². The second kappa shape index (κ2) is 10.8. The highest BCUT2D eigenvalue weighted by atomic mass is 79.9. The van der Waals surface area contributed by atoms with Crippen molar-refractivity contribution in [3.05, 3.63) is 22.2 Å². The first-order valence-electron chi connectivity index (χ1n) is 7.11. The van der Waals surface area contributed by atoms with E-state index in [0.29, 0.717) is 32.9 Å². The molecule has 0 saturated carbocycles. The summed E-state index contributed by atoms with van der Waals surface area (Å²) in [7, 11) is 1.64. The molecule has 0 bridgehead atoms. The van der Waals surface area contributed by atoms with Crippen LogP contribution < -0.4 is 14.8 Å². The molecule has 0 heterocycles. The Balaban J connectivity index is 2.63. The van der Waals surface area contributed by atoms with Gasteiger partial charge < -0.3 is 24.6 Å². The lowest BCUT2D eigenvalue weighted by molar-refractivity contribution is 0.0937. The summed E-state index contributed by atoms with van der Waals surface area (Å²) in [5, 5.41) is 11.9. The van der Waals surface area contributed by atoms with E-state index in [4.69, 9.17) is 19.3 Å². The number of ether oxygens (including phenoxy) is 3. The summed E-state index contributed by atoms with van der Waals surface area (Å²) < 4.78 is 17.4. The fourth-order valence-electron chi connectivity index (χ4n) is 1.81. The maximum atomic E-state index is 8.63. The Labute approximate surface area is 134 Å². The number of hydrogen-bond donors (Lipinski definition) is 2. The Hall–Kier alpha value is -0.820. The van der Waals surface area contributed by atoms with Gasteiger partial charge in [-0.05, 0) is 18.6 Å². The Bertz CT molecular complexity index is 415. The zero-order chi connectivity index (χ0) is 15.5. The van der Waals surface area contributed by atoms with Gasteiger partial charge in [-0.1, -0.05) is 22.9 Å². The van der Waals surface area contributed by atoms with E-state index in [-0.39, 0.29) is 6.61 Å². The minimum absolute atomic E-state index is 0.0534. The minimum atomic E-state index is 0.0534. The van der Waals surface area contributed by atoms with Gasteiger partial charge in [0.25, 0.3) is 0 Å². The Morgan fingerprint density at radius 1 is 1.24 bits per heavy atom. The first-order chi connectivity index (χ1) is 10.2. The molecule has 0 unspecified atom stereocenters. The van der Waals surface area contributed by atoms with Crippen LogP contribution in [0.3, 0.4) is 0 Å². The van der Waals surface area contributed by atoms with Crippen LogP contribution in [0.15, 0.2) is 16.6 Å². The molecule has 0 fully saturated rings. The van der Waals surface area contributed by atoms with Gasteiger partial charge in [0, 0.05) is 23.1 Å². The number of aliphatic hydroxyl groups is 1. The van der Waals surface area contributed by atoms with E-state index in [1.54, 1.807) is 7.11 Å². The predicted molar refractivity (Wildman–Crippen MR) is 86.1 cm³/mol. The topological polar surface area (TPSA) is 60.0 Å². The molecule has 0 radical (unpaired) electrons. The van der Waals surface area contributed by atoms with Crippen molar-refractivity contribution in [2.24, 2.45) is 0 Å². The smallest absolute Gasteiger partial charge is 0.165 e. The summed E-state index contributed by atoms with van der Waals surface area (Å²) >= 11 is 3.48. The standard InChI is InChI=1S/C15H24BrNO4/c1-3-6-21-15-12(9-13(16)10-14(15)19-2)11-17-4-7-20-8-5-18/h9-10,17-18H,3-8,11H2,1-2H3. The third kappa shape index (κ3) is 6.65. The molecule has 0 atom stereocenters. The molecule has 5 nitrogen and oxygen atoms in total. The van der Waals surface area contributed by atoms with E-state index in [1.807, 2.05) is 12.1 Å². The summed E-state index contributed by atoms with van der Waals surface area (Å²) in [6.07, 6.45) is 0.946. The highest BCUT2D eigenvalue weighted by molar-refractivity contribution is 9.10. The number of nitrogens with one attached hydrogen (secondary N) is 1. The van der Waals surface area contributed by atoms with Crippen molar-refractivity contribution in [3.8, 4) is 11.5 Å². The average Bonchev–Trinajstić information content (AvgIpc) is 2.49. The lowest BCUT2D eigenvalue weighted by Gasteiger charge is -2.16. The fourth-order valence-corrected chi connectivity index (χ4v) is 2.29. The van der Waals surface area contributed by atoms with E-state index in [1.165, 1.54) is 0 Å². The van der Waals surface area contributed by atoms with Gasteiger partial charge in [-0.3, -0.25) is 0 Å². The van der Waals surface area contributed by atoms with E-state index < -0.39 is 0 Å². The van der Waals surface area contributed by atoms with Crippen LogP contribution in [0.4, 0.5) is 0 Å². The van der Waals surface area contributed by atoms with Gasteiger partial charge in [-0.15, -0.1) is 0 Å². The van der Waals surface area contributed by atoms with Crippen LogP contribution in [0.5, 0.6) is 11.5 Å². The molecule has 0 aliphatic rings. The Morgan fingerprint density at radius 2 is 2.05 bits per heavy atom. The van der Waals surface area contributed by atoms with E-state index >= 15 is 0 Å². The zero-order valence-electron chi connectivity index (χ0n) is 12.7. The van der Waals surface area contributed by atoms with Gasteiger partial charge in [-0.2, -0.15) is 0 Å². The first-order valence-corrected chi connectivity index (χ1v) is 7.90. The highest BCUT2D eigenvalue weighted by Gasteiger charge is 2.12. The van der Waals surface area contributed by atoms with E-state index in [9.17, 15) is 0 Å². The number of halogens is 1. The molecule has 1 rings (SSSR count). The number of aliphatic hydroxyl groups excluding tert-OH is 1. The lowest BCUT2D eigenvalue weighted by atomic mass is 10.2. The number of methoxy groups -OCH3 is 1. The van der Waals surface area contributed by atoms with Crippen LogP contribution in [0.1, 0.15) is 18.9 Å². The summed E-state index contributed by atoms with van der Waals surface area (Å²) in [6.45, 7) is 5.09. The maximum absolute atomic E-state index is 8.63. The number of hydrogen-bond acceptors (Lipinski definition) is 5. The highest BCUT2D eigenvalue weighted by Crippen LogP contribution is 2.35. The molecular formula is C15H24BrNO4. The van der Waals surface area contributed by atoms with Crippen molar-refractivity contribution >= 4 is 15.9 Å². The molecule has 0 aliphatic heterocycles. The average molecular weight is 362 g/mol. The largest absolute Gasteiger partial charge is 0.493 e. The normalized spacial score (nSPS) is 10.7. The van der Waals surface area contributed by atoms with Gasteiger partial charge in [0.05, 0.1) is 33.5 Å². The summed E-state index contributed by atoms with van der Waals surface area (Å²) in [5.41, 5.74) is 1.04. The zero-order valence-corrected chi connectivity index (χ0v) is 14.2. The molecule has 1 aromatic rings. The lowest BCUT2D eigenvalue weighted by Crippen LogP contribution is -2.20. The van der Waals surface area contributed by atoms with Crippen molar-refractivity contribution < 1.29 is 19.3 Å². The summed E-state index contributed by atoms with van der Waals surface area (Å²) in [6, 6.07) is 3.92. The van der Waals surface area contributed by atoms with E-state index in [2.05, 4.69) is 28.2 Å². The molecule has 0 aromatic heterocycles. The van der Waals surface area contributed by atoms with Crippen LogP contribution in [0.2, 0.25) is 0 Å². The molecule has 120 valence electrons. The minimum Gasteiger partial charge on any atom is -0.493 e. The van der Waals surface area contributed by atoms with Crippen LogP contribution in [-0.4, -0.2) is 45.2 Å². The van der Waals surface area contributed by atoms with Gasteiger partial charge in [0.15, 0.2) is 11.5 Å². The SMILES string of the molecule is CCCOc1c(CNCCOCCO)cc(Br)cc1OC.